The van der Waals surface area contributed by atoms with Crippen molar-refractivity contribution in [1.29, 1.82) is 0 Å². The van der Waals surface area contributed by atoms with Gasteiger partial charge in [0.25, 0.3) is 0 Å². The lowest BCUT2D eigenvalue weighted by Crippen LogP contribution is -2.41. The third-order valence-electron chi connectivity index (χ3n) is 3.55. The smallest absolute Gasteiger partial charge is 0.0940 e. The first kappa shape index (κ1) is 16.2. The highest BCUT2D eigenvalue weighted by Crippen LogP contribution is 2.18. The molecule has 1 aromatic rings. The fourth-order valence-corrected chi connectivity index (χ4v) is 2.22. The summed E-state index contributed by atoms with van der Waals surface area (Å²) in [5, 5.41) is 22.7. The number of aryl methyl sites for hydroxylation is 1. The van der Waals surface area contributed by atoms with Gasteiger partial charge in [0, 0.05) is 12.1 Å². The monoisotopic (exact) mass is 265 g/mol. The Hall–Kier alpha value is -0.900. The summed E-state index contributed by atoms with van der Waals surface area (Å²) in [6.45, 7) is 6.23. The van der Waals surface area contributed by atoms with E-state index >= 15 is 0 Å². The van der Waals surface area contributed by atoms with Gasteiger partial charge in [-0.25, -0.2) is 0 Å². The normalized spacial score (nSPS) is 16.1. The Morgan fingerprint density at radius 1 is 1.16 bits per heavy atom. The molecule has 3 heteroatoms. The number of rotatable bonds is 8. The van der Waals surface area contributed by atoms with Gasteiger partial charge in [0.1, 0.15) is 0 Å². The Kier molecular flexibility index (Phi) is 7.06. The molecule has 0 aliphatic rings. The zero-order chi connectivity index (χ0) is 14.3. The van der Waals surface area contributed by atoms with E-state index in [-0.39, 0.29) is 18.7 Å². The molecule has 3 nitrogen and oxygen atoms in total. The van der Waals surface area contributed by atoms with Crippen LogP contribution in [-0.4, -0.2) is 28.9 Å². The molecule has 0 fully saturated rings. The average molecular weight is 265 g/mol. The van der Waals surface area contributed by atoms with Crippen molar-refractivity contribution in [2.24, 2.45) is 0 Å². The van der Waals surface area contributed by atoms with Crippen LogP contribution >= 0.6 is 0 Å². The SMILES string of the molecule is CCCc1ccc(C(O)C(C)NC(CC)CO)cc1. The largest absolute Gasteiger partial charge is 0.395 e. The third-order valence-corrected chi connectivity index (χ3v) is 3.55. The Morgan fingerprint density at radius 3 is 2.26 bits per heavy atom. The first-order valence-electron chi connectivity index (χ1n) is 7.26. The lowest BCUT2D eigenvalue weighted by Gasteiger charge is -2.25. The molecular formula is C16H27NO2. The molecule has 108 valence electrons. The third kappa shape index (κ3) is 4.94. The molecule has 3 atom stereocenters. The van der Waals surface area contributed by atoms with Gasteiger partial charge in [-0.3, -0.25) is 0 Å². The molecule has 0 amide bonds. The van der Waals surface area contributed by atoms with E-state index in [1.165, 1.54) is 5.56 Å². The van der Waals surface area contributed by atoms with Gasteiger partial charge in [-0.1, -0.05) is 44.5 Å². The van der Waals surface area contributed by atoms with E-state index in [1.54, 1.807) is 0 Å². The molecule has 0 bridgehead atoms. The van der Waals surface area contributed by atoms with Gasteiger partial charge in [0.15, 0.2) is 0 Å². The molecule has 3 N–H and O–H groups in total. The molecule has 19 heavy (non-hydrogen) atoms. The quantitative estimate of drug-likeness (QED) is 0.676. The maximum absolute atomic E-state index is 10.3. The van der Waals surface area contributed by atoms with E-state index in [0.717, 1.165) is 24.8 Å². The fraction of sp³-hybridized carbons (Fsp3) is 0.625. The summed E-state index contributed by atoms with van der Waals surface area (Å²) in [4.78, 5) is 0. The van der Waals surface area contributed by atoms with Gasteiger partial charge >= 0.3 is 0 Å². The Labute approximate surface area is 116 Å². The molecule has 3 unspecified atom stereocenters. The fourth-order valence-electron chi connectivity index (χ4n) is 2.22. The zero-order valence-electron chi connectivity index (χ0n) is 12.3. The highest BCUT2D eigenvalue weighted by Gasteiger charge is 2.18. The predicted octanol–water partition coefficient (Wildman–Crippen LogP) is 2.42. The van der Waals surface area contributed by atoms with Gasteiger partial charge < -0.3 is 15.5 Å². The number of aliphatic hydroxyl groups excluding tert-OH is 2. The Balaban J connectivity index is 2.62. The van der Waals surface area contributed by atoms with E-state index in [0.29, 0.717) is 0 Å². The molecule has 0 saturated heterocycles. The van der Waals surface area contributed by atoms with Crippen LogP contribution in [0.15, 0.2) is 24.3 Å². The summed E-state index contributed by atoms with van der Waals surface area (Å²) in [7, 11) is 0. The minimum Gasteiger partial charge on any atom is -0.395 e. The number of benzene rings is 1. The van der Waals surface area contributed by atoms with Crippen molar-refractivity contribution in [3.63, 3.8) is 0 Å². The second-order valence-corrected chi connectivity index (χ2v) is 5.18. The number of nitrogens with one attached hydrogen (secondary N) is 1. The molecule has 1 aromatic carbocycles. The van der Waals surface area contributed by atoms with Crippen molar-refractivity contribution in [2.45, 2.75) is 58.2 Å². The first-order chi connectivity index (χ1) is 9.12. The first-order valence-corrected chi connectivity index (χ1v) is 7.26. The molecule has 0 radical (unpaired) electrons. The van der Waals surface area contributed by atoms with Crippen molar-refractivity contribution < 1.29 is 10.2 Å². The van der Waals surface area contributed by atoms with Gasteiger partial charge in [0.05, 0.1) is 12.7 Å². The van der Waals surface area contributed by atoms with Crippen LogP contribution in [0.2, 0.25) is 0 Å². The van der Waals surface area contributed by atoms with Crippen molar-refractivity contribution >= 4 is 0 Å². The molecule has 0 saturated carbocycles. The average Bonchev–Trinajstić information content (AvgIpc) is 2.45. The molecule has 0 aliphatic carbocycles. The molecule has 0 spiro atoms. The summed E-state index contributed by atoms with van der Waals surface area (Å²) in [6.07, 6.45) is 2.51. The predicted molar refractivity (Wildman–Crippen MR) is 79.2 cm³/mol. The maximum atomic E-state index is 10.3. The minimum atomic E-state index is -0.545. The lowest BCUT2D eigenvalue weighted by atomic mass is 10.00. The van der Waals surface area contributed by atoms with Crippen molar-refractivity contribution in [3.8, 4) is 0 Å². The van der Waals surface area contributed by atoms with Crippen molar-refractivity contribution in [1.82, 2.24) is 5.32 Å². The summed E-state index contributed by atoms with van der Waals surface area (Å²) in [5.74, 6) is 0. The summed E-state index contributed by atoms with van der Waals surface area (Å²) < 4.78 is 0. The topological polar surface area (TPSA) is 52.5 Å². The Morgan fingerprint density at radius 2 is 1.79 bits per heavy atom. The molecule has 1 rings (SSSR count). The van der Waals surface area contributed by atoms with E-state index in [4.69, 9.17) is 0 Å². The molecule has 0 aromatic heterocycles. The lowest BCUT2D eigenvalue weighted by molar-refractivity contribution is 0.118. The number of aliphatic hydroxyl groups is 2. The van der Waals surface area contributed by atoms with E-state index in [1.807, 2.05) is 26.0 Å². The van der Waals surface area contributed by atoms with E-state index < -0.39 is 6.10 Å². The summed E-state index contributed by atoms with van der Waals surface area (Å²) in [6, 6.07) is 8.12. The highest BCUT2D eigenvalue weighted by molar-refractivity contribution is 5.25. The van der Waals surface area contributed by atoms with E-state index in [2.05, 4.69) is 24.4 Å². The van der Waals surface area contributed by atoms with E-state index in [9.17, 15) is 10.2 Å². The summed E-state index contributed by atoms with van der Waals surface area (Å²) >= 11 is 0. The minimum absolute atomic E-state index is 0.0454. The van der Waals surface area contributed by atoms with Crippen LogP contribution < -0.4 is 5.32 Å². The van der Waals surface area contributed by atoms with Gasteiger partial charge in [-0.05, 0) is 30.9 Å². The Bertz CT molecular complexity index is 346. The maximum Gasteiger partial charge on any atom is 0.0940 e. The van der Waals surface area contributed by atoms with Crippen LogP contribution in [0.1, 0.15) is 50.8 Å². The standard InChI is InChI=1S/C16H27NO2/c1-4-6-13-7-9-14(10-8-13)16(19)12(3)17-15(5-2)11-18/h7-10,12,15-19H,4-6,11H2,1-3H3. The highest BCUT2D eigenvalue weighted by atomic mass is 16.3. The van der Waals surface area contributed by atoms with Gasteiger partial charge in [0.2, 0.25) is 0 Å². The van der Waals surface area contributed by atoms with Crippen LogP contribution in [0.25, 0.3) is 0 Å². The zero-order valence-corrected chi connectivity index (χ0v) is 12.3. The van der Waals surface area contributed by atoms with Crippen LogP contribution in [0.4, 0.5) is 0 Å². The molecule has 0 aliphatic heterocycles. The van der Waals surface area contributed by atoms with Crippen LogP contribution in [0.5, 0.6) is 0 Å². The molecular weight excluding hydrogens is 238 g/mol. The van der Waals surface area contributed by atoms with Crippen LogP contribution in [-0.2, 0) is 6.42 Å². The summed E-state index contributed by atoms with van der Waals surface area (Å²) in [5.41, 5.74) is 2.23. The van der Waals surface area contributed by atoms with Gasteiger partial charge in [-0.15, -0.1) is 0 Å². The van der Waals surface area contributed by atoms with Gasteiger partial charge in [-0.2, -0.15) is 0 Å². The van der Waals surface area contributed by atoms with Crippen LogP contribution in [0, 0.1) is 0 Å². The van der Waals surface area contributed by atoms with Crippen LogP contribution in [0.3, 0.4) is 0 Å². The second-order valence-electron chi connectivity index (χ2n) is 5.18. The second kappa shape index (κ2) is 8.31. The number of hydrogen-bond donors (Lipinski definition) is 3. The van der Waals surface area contributed by atoms with Crippen molar-refractivity contribution in [2.75, 3.05) is 6.61 Å². The van der Waals surface area contributed by atoms with Crippen molar-refractivity contribution in [3.05, 3.63) is 35.4 Å². The number of hydrogen-bond acceptors (Lipinski definition) is 3. The molecule has 0 heterocycles.